The Morgan fingerprint density at radius 1 is 1.12 bits per heavy atom. The van der Waals surface area contributed by atoms with E-state index in [1.165, 1.54) is 0 Å². The van der Waals surface area contributed by atoms with Crippen molar-refractivity contribution in [2.24, 2.45) is 0 Å². The largest absolute Gasteiger partial charge is 0.408 e. The highest BCUT2D eigenvalue weighted by Crippen LogP contribution is 2.46. The van der Waals surface area contributed by atoms with Gasteiger partial charge in [0.15, 0.2) is 0 Å². The first-order chi connectivity index (χ1) is 8.20. The third-order valence-electron chi connectivity index (χ3n) is 1.69. The van der Waals surface area contributed by atoms with Gasteiger partial charge in [0.1, 0.15) is 11.9 Å². The van der Waals surface area contributed by atoms with Gasteiger partial charge in [0.05, 0.1) is 18.9 Å². The van der Waals surface area contributed by atoms with Crippen molar-refractivity contribution < 1.29 is 18.3 Å². The van der Waals surface area contributed by atoms with Crippen molar-refractivity contribution in [3.8, 4) is 17.5 Å². The zero-order valence-electron chi connectivity index (χ0n) is 9.88. The zero-order valence-corrected chi connectivity index (χ0v) is 10.8. The predicted octanol–water partition coefficient (Wildman–Crippen LogP) is 3.25. The highest BCUT2D eigenvalue weighted by atomic mass is 31.2. The van der Waals surface area contributed by atoms with E-state index in [4.69, 9.17) is 13.8 Å². The van der Waals surface area contributed by atoms with Gasteiger partial charge in [-0.3, -0.25) is 9.05 Å². The van der Waals surface area contributed by atoms with E-state index in [0.29, 0.717) is 5.75 Å². The van der Waals surface area contributed by atoms with Crippen LogP contribution in [0.1, 0.15) is 13.8 Å². The zero-order chi connectivity index (χ0) is 12.6. The average Bonchev–Trinajstić information content (AvgIpc) is 2.31. The Morgan fingerprint density at radius 2 is 1.71 bits per heavy atom. The third-order valence-corrected chi connectivity index (χ3v) is 3.25. The van der Waals surface area contributed by atoms with Gasteiger partial charge < -0.3 is 4.74 Å². The van der Waals surface area contributed by atoms with Crippen LogP contribution in [0.25, 0.3) is 0 Å². The first-order valence-corrected chi connectivity index (χ1v) is 6.87. The smallest absolute Gasteiger partial charge is 0.407 e. The van der Waals surface area contributed by atoms with Crippen LogP contribution < -0.4 is 4.74 Å². The summed E-state index contributed by atoms with van der Waals surface area (Å²) in [6.07, 6.45) is 2.35. The second kappa shape index (κ2) is 7.13. The molecule has 1 rings (SSSR count). The van der Waals surface area contributed by atoms with E-state index in [0.717, 1.165) is 0 Å². The molecule has 0 unspecified atom stereocenters. The Kier molecular flexibility index (Phi) is 5.79. The molecule has 17 heavy (non-hydrogen) atoms. The van der Waals surface area contributed by atoms with Gasteiger partial charge in [0.25, 0.3) is 0 Å². The molecule has 0 bridgehead atoms. The molecule has 0 fully saturated rings. The molecule has 0 N–H and O–H groups in total. The Morgan fingerprint density at radius 3 is 2.24 bits per heavy atom. The van der Waals surface area contributed by atoms with Gasteiger partial charge in [-0.25, -0.2) is 4.57 Å². The molecule has 92 valence electrons. The lowest BCUT2D eigenvalue weighted by Gasteiger charge is -2.09. The van der Waals surface area contributed by atoms with Crippen LogP contribution in [0.5, 0.6) is 5.75 Å². The molecule has 1 aromatic rings. The minimum Gasteiger partial charge on any atom is -0.407 e. The number of hydrogen-bond acceptors (Lipinski definition) is 4. The normalized spacial score (nSPS) is 10.5. The molecular formula is C12H15O4P. The third kappa shape index (κ3) is 5.06. The van der Waals surface area contributed by atoms with Crippen LogP contribution >= 0.6 is 7.60 Å². The Labute approximate surface area is 101 Å². The minimum absolute atomic E-state index is 0.275. The van der Waals surface area contributed by atoms with Crippen molar-refractivity contribution >= 4 is 7.60 Å². The molecule has 0 aliphatic carbocycles. The first-order valence-electron chi connectivity index (χ1n) is 5.33. The highest BCUT2D eigenvalue weighted by Gasteiger charge is 2.20. The van der Waals surface area contributed by atoms with Crippen molar-refractivity contribution in [1.29, 1.82) is 0 Å². The van der Waals surface area contributed by atoms with Gasteiger partial charge in [0, 0.05) is 0 Å². The fourth-order valence-corrected chi connectivity index (χ4v) is 2.11. The van der Waals surface area contributed by atoms with Crippen LogP contribution in [0.2, 0.25) is 0 Å². The molecule has 0 radical (unpaired) electrons. The molecule has 1 aromatic carbocycles. The fourth-order valence-electron chi connectivity index (χ4n) is 1.07. The number of rotatable bonds is 5. The summed E-state index contributed by atoms with van der Waals surface area (Å²) in [6.45, 7) is 4.01. The quantitative estimate of drug-likeness (QED) is 0.597. The maximum atomic E-state index is 11.9. The minimum atomic E-state index is -3.34. The van der Waals surface area contributed by atoms with Crippen molar-refractivity contribution in [2.45, 2.75) is 13.8 Å². The first kappa shape index (κ1) is 13.8. The maximum absolute atomic E-state index is 11.9. The lowest BCUT2D eigenvalue weighted by atomic mass is 10.3. The molecule has 0 aliphatic rings. The molecular weight excluding hydrogens is 239 g/mol. The molecule has 5 heteroatoms. The van der Waals surface area contributed by atoms with Gasteiger partial charge in [-0.2, -0.15) is 0 Å². The van der Waals surface area contributed by atoms with Crippen molar-refractivity contribution in [1.82, 2.24) is 0 Å². The average molecular weight is 254 g/mol. The summed E-state index contributed by atoms with van der Waals surface area (Å²) in [5.74, 6) is 0.583. The second-order valence-corrected chi connectivity index (χ2v) is 4.70. The van der Waals surface area contributed by atoms with Gasteiger partial charge >= 0.3 is 7.60 Å². The van der Waals surface area contributed by atoms with Crippen LogP contribution in [0.4, 0.5) is 0 Å². The SMILES string of the molecule is CCOP(=O)(C#COc1ccccc1)OCC. The van der Waals surface area contributed by atoms with Crippen molar-refractivity contribution in [3.05, 3.63) is 30.3 Å². The monoisotopic (exact) mass is 254 g/mol. The summed E-state index contributed by atoms with van der Waals surface area (Å²) in [4.78, 5) is 0. The Balaban J connectivity index is 2.65. The Bertz CT molecular complexity index is 423. The van der Waals surface area contributed by atoms with Gasteiger partial charge in [-0.15, -0.1) is 0 Å². The number of ether oxygens (including phenoxy) is 1. The summed E-state index contributed by atoms with van der Waals surface area (Å²) in [7, 11) is -3.34. The summed E-state index contributed by atoms with van der Waals surface area (Å²) >= 11 is 0. The standard InChI is InChI=1S/C12H15O4P/c1-3-15-17(13,16-4-2)11-10-14-12-8-6-5-7-9-12/h5-9H,3-4H2,1-2H3. The maximum Gasteiger partial charge on any atom is 0.408 e. The molecule has 0 saturated heterocycles. The van der Waals surface area contributed by atoms with E-state index < -0.39 is 7.60 Å². The molecule has 0 amide bonds. The predicted molar refractivity (Wildman–Crippen MR) is 65.7 cm³/mol. The van der Waals surface area contributed by atoms with Gasteiger partial charge in [-0.05, 0) is 26.0 Å². The topological polar surface area (TPSA) is 44.8 Å². The van der Waals surface area contributed by atoms with Crippen LogP contribution in [0.3, 0.4) is 0 Å². The molecule has 4 nitrogen and oxygen atoms in total. The van der Waals surface area contributed by atoms with E-state index in [2.05, 4.69) is 11.8 Å². The number of benzene rings is 1. The lowest BCUT2D eigenvalue weighted by molar-refractivity contribution is 0.230. The summed E-state index contributed by atoms with van der Waals surface area (Å²) in [5, 5.41) is 0. The van der Waals surface area contributed by atoms with Gasteiger partial charge in [-0.1, -0.05) is 18.2 Å². The molecule has 0 aromatic heterocycles. The number of para-hydroxylation sites is 1. The van der Waals surface area contributed by atoms with E-state index in [1.54, 1.807) is 26.0 Å². The summed E-state index contributed by atoms with van der Waals surface area (Å²) < 4.78 is 27.0. The van der Waals surface area contributed by atoms with Crippen molar-refractivity contribution in [2.75, 3.05) is 13.2 Å². The summed E-state index contributed by atoms with van der Waals surface area (Å²) in [5.41, 5.74) is 2.39. The summed E-state index contributed by atoms with van der Waals surface area (Å²) in [6, 6.07) is 9.01. The van der Waals surface area contributed by atoms with Gasteiger partial charge in [0.2, 0.25) is 0 Å². The Hall–Kier alpha value is -1.27. The van der Waals surface area contributed by atoms with Crippen LogP contribution in [-0.2, 0) is 13.6 Å². The second-order valence-electron chi connectivity index (χ2n) is 2.96. The highest BCUT2D eigenvalue weighted by molar-refractivity contribution is 7.59. The number of hydrogen-bond donors (Lipinski definition) is 0. The van der Waals surface area contributed by atoms with Crippen molar-refractivity contribution in [3.63, 3.8) is 0 Å². The fraction of sp³-hybridized carbons (Fsp3) is 0.333. The van der Waals surface area contributed by atoms with E-state index in [9.17, 15) is 4.57 Å². The van der Waals surface area contributed by atoms with E-state index in [1.807, 2.05) is 18.2 Å². The molecule has 0 saturated carbocycles. The van der Waals surface area contributed by atoms with Crippen LogP contribution in [0, 0.1) is 11.8 Å². The molecule has 0 aliphatic heterocycles. The van der Waals surface area contributed by atoms with E-state index in [-0.39, 0.29) is 13.2 Å². The molecule has 0 atom stereocenters. The van der Waals surface area contributed by atoms with E-state index >= 15 is 0 Å². The van der Waals surface area contributed by atoms with Crippen LogP contribution in [-0.4, -0.2) is 13.2 Å². The lowest BCUT2D eigenvalue weighted by Crippen LogP contribution is -1.93. The molecule has 0 spiro atoms. The van der Waals surface area contributed by atoms with Crippen LogP contribution in [0.15, 0.2) is 30.3 Å². The molecule has 0 heterocycles.